The normalized spacial score (nSPS) is 9.50. The Labute approximate surface area is 107 Å². The van der Waals surface area contributed by atoms with Gasteiger partial charge in [0.15, 0.2) is 0 Å². The van der Waals surface area contributed by atoms with Gasteiger partial charge in [0.05, 0.1) is 17.8 Å². The van der Waals surface area contributed by atoms with Crippen LogP contribution in [0.2, 0.25) is 0 Å². The van der Waals surface area contributed by atoms with Crippen molar-refractivity contribution in [2.75, 3.05) is 11.9 Å². The summed E-state index contributed by atoms with van der Waals surface area (Å²) in [5.41, 5.74) is 6.25. The summed E-state index contributed by atoms with van der Waals surface area (Å²) in [6, 6.07) is 4.10. The van der Waals surface area contributed by atoms with Crippen LogP contribution in [0.15, 0.2) is 18.2 Å². The Morgan fingerprint density at radius 3 is 2.94 bits per heavy atom. The third-order valence-electron chi connectivity index (χ3n) is 2.34. The zero-order valence-electron chi connectivity index (χ0n) is 10.4. The van der Waals surface area contributed by atoms with E-state index in [1.54, 1.807) is 0 Å². The number of anilines is 1. The van der Waals surface area contributed by atoms with E-state index in [0.717, 1.165) is 12.8 Å². The lowest BCUT2D eigenvalue weighted by Crippen LogP contribution is -2.12. The van der Waals surface area contributed by atoms with Crippen molar-refractivity contribution in [1.29, 1.82) is 0 Å². The van der Waals surface area contributed by atoms with Gasteiger partial charge in [0.25, 0.3) is 0 Å². The first kappa shape index (κ1) is 14.2. The second-order valence-electron chi connectivity index (χ2n) is 3.85. The fourth-order valence-electron chi connectivity index (χ4n) is 1.43. The molecular weight excluding hydrogens is 231 g/mol. The van der Waals surface area contributed by atoms with Gasteiger partial charge in [0, 0.05) is 6.42 Å². The minimum Gasteiger partial charge on any atom is -0.325 e. The largest absolute Gasteiger partial charge is 0.325 e. The first-order valence-electron chi connectivity index (χ1n) is 5.95. The van der Waals surface area contributed by atoms with E-state index in [0.29, 0.717) is 17.7 Å². The van der Waals surface area contributed by atoms with Crippen LogP contribution in [-0.2, 0) is 4.79 Å². The first-order chi connectivity index (χ1) is 8.67. The molecule has 0 bridgehead atoms. The number of carbonyl (C=O) groups is 1. The van der Waals surface area contributed by atoms with Crippen molar-refractivity contribution in [3.63, 3.8) is 0 Å². The molecule has 1 aromatic carbocycles. The van der Waals surface area contributed by atoms with Crippen molar-refractivity contribution >= 4 is 11.6 Å². The second kappa shape index (κ2) is 7.46. The van der Waals surface area contributed by atoms with Crippen molar-refractivity contribution in [2.24, 2.45) is 5.73 Å². The highest BCUT2D eigenvalue weighted by atomic mass is 19.1. The van der Waals surface area contributed by atoms with Crippen molar-refractivity contribution in [2.45, 2.75) is 26.2 Å². The Morgan fingerprint density at radius 2 is 2.28 bits per heavy atom. The number of carbonyl (C=O) groups excluding carboxylic acids is 1. The Bertz CT molecular complexity index is 474. The molecule has 18 heavy (non-hydrogen) atoms. The van der Waals surface area contributed by atoms with Gasteiger partial charge in [0.2, 0.25) is 5.91 Å². The van der Waals surface area contributed by atoms with Gasteiger partial charge in [-0.25, -0.2) is 4.39 Å². The monoisotopic (exact) mass is 248 g/mol. The summed E-state index contributed by atoms with van der Waals surface area (Å²) >= 11 is 0. The Hall–Kier alpha value is -1.86. The topological polar surface area (TPSA) is 55.1 Å². The number of amides is 1. The van der Waals surface area contributed by atoms with Crippen LogP contribution in [0.5, 0.6) is 0 Å². The smallest absolute Gasteiger partial charge is 0.224 e. The van der Waals surface area contributed by atoms with Gasteiger partial charge in [0.1, 0.15) is 5.82 Å². The maximum atomic E-state index is 13.1. The molecule has 96 valence electrons. The average molecular weight is 248 g/mol. The highest BCUT2D eigenvalue weighted by Gasteiger charge is 2.06. The zero-order valence-corrected chi connectivity index (χ0v) is 10.4. The molecule has 0 aliphatic heterocycles. The summed E-state index contributed by atoms with van der Waals surface area (Å²) in [5, 5.41) is 2.73. The fraction of sp³-hybridized carbons (Fsp3) is 0.357. The fourth-order valence-corrected chi connectivity index (χ4v) is 1.43. The molecule has 0 radical (unpaired) electrons. The van der Waals surface area contributed by atoms with E-state index in [4.69, 9.17) is 5.73 Å². The predicted molar refractivity (Wildman–Crippen MR) is 70.5 cm³/mol. The molecule has 1 rings (SSSR count). The van der Waals surface area contributed by atoms with E-state index in [1.807, 2.05) is 6.92 Å². The molecule has 1 amide bonds. The van der Waals surface area contributed by atoms with Crippen LogP contribution in [0.3, 0.4) is 0 Å². The van der Waals surface area contributed by atoms with E-state index in [9.17, 15) is 9.18 Å². The minimum atomic E-state index is -0.386. The third-order valence-corrected chi connectivity index (χ3v) is 2.34. The molecule has 3 N–H and O–H groups in total. The van der Waals surface area contributed by atoms with Crippen LogP contribution in [0.25, 0.3) is 0 Å². The first-order valence-corrected chi connectivity index (χ1v) is 5.95. The van der Waals surface area contributed by atoms with Crippen molar-refractivity contribution in [3.05, 3.63) is 29.6 Å². The zero-order chi connectivity index (χ0) is 13.4. The molecule has 0 aliphatic rings. The Kier molecular flexibility index (Phi) is 5.89. The van der Waals surface area contributed by atoms with Crippen LogP contribution in [0, 0.1) is 17.7 Å². The third kappa shape index (κ3) is 4.56. The van der Waals surface area contributed by atoms with Crippen LogP contribution in [-0.4, -0.2) is 12.5 Å². The van der Waals surface area contributed by atoms with Crippen LogP contribution in [0.4, 0.5) is 10.1 Å². The van der Waals surface area contributed by atoms with E-state index < -0.39 is 0 Å². The lowest BCUT2D eigenvalue weighted by molar-refractivity contribution is -0.116. The molecule has 4 heteroatoms. The number of halogens is 1. The number of hydrogen-bond acceptors (Lipinski definition) is 2. The number of nitrogens with one attached hydrogen (secondary N) is 1. The van der Waals surface area contributed by atoms with E-state index in [1.165, 1.54) is 18.2 Å². The maximum absolute atomic E-state index is 13.1. The lowest BCUT2D eigenvalue weighted by Gasteiger charge is -2.07. The number of hydrogen-bond donors (Lipinski definition) is 2. The molecule has 0 aromatic heterocycles. The summed E-state index contributed by atoms with van der Waals surface area (Å²) in [6.07, 6.45) is 2.24. The maximum Gasteiger partial charge on any atom is 0.224 e. The van der Waals surface area contributed by atoms with E-state index in [2.05, 4.69) is 17.2 Å². The molecule has 1 aromatic rings. The molecule has 0 saturated heterocycles. The van der Waals surface area contributed by atoms with Crippen LogP contribution < -0.4 is 11.1 Å². The quantitative estimate of drug-likeness (QED) is 0.803. The summed E-state index contributed by atoms with van der Waals surface area (Å²) < 4.78 is 13.1. The Balaban J connectivity index is 2.84. The number of rotatable bonds is 4. The second-order valence-corrected chi connectivity index (χ2v) is 3.85. The number of benzene rings is 1. The molecule has 0 spiro atoms. The van der Waals surface area contributed by atoms with Crippen molar-refractivity contribution in [3.8, 4) is 11.8 Å². The van der Waals surface area contributed by atoms with E-state index in [-0.39, 0.29) is 18.3 Å². The average Bonchev–Trinajstić information content (AvgIpc) is 2.36. The van der Waals surface area contributed by atoms with Gasteiger partial charge >= 0.3 is 0 Å². The minimum absolute atomic E-state index is 0.0840. The van der Waals surface area contributed by atoms with Gasteiger partial charge in [-0.15, -0.1) is 0 Å². The molecule has 3 nitrogen and oxygen atoms in total. The number of unbranched alkanes of at least 4 members (excludes halogenated alkanes) is 1. The molecular formula is C14H17FN2O. The summed E-state index contributed by atoms with van der Waals surface area (Å²) in [5.74, 6) is 4.92. The van der Waals surface area contributed by atoms with Crippen molar-refractivity contribution < 1.29 is 9.18 Å². The van der Waals surface area contributed by atoms with E-state index >= 15 is 0 Å². The Morgan fingerprint density at radius 1 is 1.50 bits per heavy atom. The number of nitrogens with two attached hydrogens (primary N) is 1. The molecule has 0 saturated carbocycles. The summed E-state index contributed by atoms with van der Waals surface area (Å²) in [7, 11) is 0. The van der Waals surface area contributed by atoms with Crippen molar-refractivity contribution in [1.82, 2.24) is 0 Å². The van der Waals surface area contributed by atoms with Gasteiger partial charge < -0.3 is 11.1 Å². The van der Waals surface area contributed by atoms with Gasteiger partial charge in [-0.1, -0.05) is 25.2 Å². The highest BCUT2D eigenvalue weighted by molar-refractivity contribution is 5.92. The van der Waals surface area contributed by atoms with Crippen LogP contribution >= 0.6 is 0 Å². The molecule has 0 fully saturated rings. The standard InChI is InChI=1S/C14H17FN2O/c1-2-3-6-14(18)17-13-8-7-12(15)10-11(13)5-4-9-16/h7-8,10H,2-3,6,9,16H2,1H3,(H,17,18). The highest BCUT2D eigenvalue weighted by Crippen LogP contribution is 2.16. The molecule has 0 heterocycles. The summed E-state index contributed by atoms with van der Waals surface area (Å²) in [6.45, 7) is 2.21. The van der Waals surface area contributed by atoms with Gasteiger partial charge in [-0.2, -0.15) is 0 Å². The SMILES string of the molecule is CCCCC(=O)Nc1ccc(F)cc1C#CCN. The molecule has 0 unspecified atom stereocenters. The van der Waals surface area contributed by atoms with Gasteiger partial charge in [-0.3, -0.25) is 4.79 Å². The van der Waals surface area contributed by atoms with Crippen LogP contribution in [0.1, 0.15) is 31.7 Å². The predicted octanol–water partition coefficient (Wildman–Crippen LogP) is 2.26. The lowest BCUT2D eigenvalue weighted by atomic mass is 10.1. The molecule has 0 aliphatic carbocycles. The molecule has 0 atom stereocenters. The van der Waals surface area contributed by atoms with Gasteiger partial charge in [-0.05, 0) is 24.6 Å². The summed E-state index contributed by atoms with van der Waals surface area (Å²) in [4.78, 5) is 11.6.